The van der Waals surface area contributed by atoms with Crippen molar-refractivity contribution in [1.82, 2.24) is 19.6 Å². The molecule has 118 valence electrons. The first-order valence-corrected chi connectivity index (χ1v) is 7.37. The maximum Gasteiger partial charge on any atom is 0.257 e. The molecule has 0 spiro atoms. The molecular weight excluding hydrogens is 304 g/mol. The van der Waals surface area contributed by atoms with Crippen LogP contribution < -0.4 is 10.6 Å². The quantitative estimate of drug-likeness (QED) is 0.625. The summed E-state index contributed by atoms with van der Waals surface area (Å²) in [6, 6.07) is 15.1. The molecular formula is C17H14N6O. The number of nitrogens with two attached hydrogens (primary N) is 1. The van der Waals surface area contributed by atoms with Crippen molar-refractivity contribution >= 4 is 34.1 Å². The van der Waals surface area contributed by atoms with Crippen LogP contribution in [0.2, 0.25) is 0 Å². The third-order valence-corrected chi connectivity index (χ3v) is 3.98. The van der Waals surface area contributed by atoms with Crippen LogP contribution in [0.5, 0.6) is 0 Å². The highest BCUT2D eigenvalue weighted by atomic mass is 16.1. The Kier molecular flexibility index (Phi) is 3.13. The molecule has 0 fully saturated rings. The van der Waals surface area contributed by atoms with E-state index in [1.807, 2.05) is 48.3 Å². The smallest absolute Gasteiger partial charge is 0.257 e. The third-order valence-electron chi connectivity index (χ3n) is 3.98. The molecule has 2 aromatic heterocycles. The molecule has 2 heterocycles. The minimum atomic E-state index is -0.478. The van der Waals surface area contributed by atoms with E-state index in [0.717, 1.165) is 16.6 Å². The predicted molar refractivity (Wildman–Crippen MR) is 91.3 cm³/mol. The van der Waals surface area contributed by atoms with E-state index >= 15 is 0 Å². The molecule has 0 aliphatic carbocycles. The molecule has 24 heavy (non-hydrogen) atoms. The van der Waals surface area contributed by atoms with Crippen molar-refractivity contribution in [3.8, 4) is 0 Å². The van der Waals surface area contributed by atoms with Crippen LogP contribution in [0, 0.1) is 0 Å². The van der Waals surface area contributed by atoms with Crippen molar-refractivity contribution in [2.45, 2.75) is 0 Å². The SMILES string of the molecule is CN(c1ccccc1)c1nc2nncn2c2ccc(C(N)=O)cc12. The van der Waals surface area contributed by atoms with Crippen molar-refractivity contribution in [2.75, 3.05) is 11.9 Å². The van der Waals surface area contributed by atoms with Gasteiger partial charge in [-0.05, 0) is 30.3 Å². The van der Waals surface area contributed by atoms with Crippen molar-refractivity contribution < 1.29 is 4.79 Å². The maximum absolute atomic E-state index is 11.6. The van der Waals surface area contributed by atoms with Gasteiger partial charge in [-0.25, -0.2) is 0 Å². The summed E-state index contributed by atoms with van der Waals surface area (Å²) in [5.41, 5.74) is 7.69. The lowest BCUT2D eigenvalue weighted by molar-refractivity contribution is 0.100. The van der Waals surface area contributed by atoms with Gasteiger partial charge in [-0.15, -0.1) is 10.2 Å². The zero-order valence-electron chi connectivity index (χ0n) is 12.9. The van der Waals surface area contributed by atoms with Crippen LogP contribution >= 0.6 is 0 Å². The Morgan fingerprint density at radius 2 is 1.96 bits per heavy atom. The molecule has 0 unspecified atom stereocenters. The molecule has 1 amide bonds. The van der Waals surface area contributed by atoms with Crippen LogP contribution in [-0.2, 0) is 0 Å². The number of hydrogen-bond acceptors (Lipinski definition) is 5. The minimum Gasteiger partial charge on any atom is -0.366 e. The standard InChI is InChI=1S/C17H14N6O/c1-22(12-5-3-2-4-6-12)16-13-9-11(15(18)24)7-8-14(13)23-10-19-21-17(23)20-16/h2-10H,1H3,(H2,18,24). The maximum atomic E-state index is 11.6. The van der Waals surface area contributed by atoms with E-state index < -0.39 is 5.91 Å². The summed E-state index contributed by atoms with van der Waals surface area (Å²) in [5.74, 6) is 0.695. The van der Waals surface area contributed by atoms with E-state index in [1.54, 1.807) is 22.9 Å². The highest BCUT2D eigenvalue weighted by Gasteiger charge is 2.15. The first-order valence-electron chi connectivity index (χ1n) is 7.37. The molecule has 7 nitrogen and oxygen atoms in total. The number of hydrogen-bond donors (Lipinski definition) is 1. The summed E-state index contributed by atoms with van der Waals surface area (Å²) in [6.45, 7) is 0. The van der Waals surface area contributed by atoms with Crippen LogP contribution in [-0.4, -0.2) is 32.5 Å². The second-order valence-electron chi connectivity index (χ2n) is 5.43. The predicted octanol–water partition coefficient (Wildman–Crippen LogP) is 2.14. The van der Waals surface area contributed by atoms with E-state index in [2.05, 4.69) is 15.2 Å². The van der Waals surface area contributed by atoms with Gasteiger partial charge in [0.15, 0.2) is 0 Å². The van der Waals surface area contributed by atoms with Gasteiger partial charge in [-0.2, -0.15) is 4.98 Å². The number of amides is 1. The van der Waals surface area contributed by atoms with Gasteiger partial charge in [0.1, 0.15) is 12.1 Å². The van der Waals surface area contributed by atoms with Crippen LogP contribution in [0.3, 0.4) is 0 Å². The molecule has 2 aromatic carbocycles. The number of rotatable bonds is 3. The van der Waals surface area contributed by atoms with Crippen LogP contribution in [0.25, 0.3) is 16.7 Å². The summed E-state index contributed by atoms with van der Waals surface area (Å²) < 4.78 is 1.78. The zero-order chi connectivity index (χ0) is 16.7. The highest BCUT2D eigenvalue weighted by Crippen LogP contribution is 2.30. The highest BCUT2D eigenvalue weighted by molar-refractivity contribution is 6.01. The largest absolute Gasteiger partial charge is 0.366 e. The third kappa shape index (κ3) is 2.14. The lowest BCUT2D eigenvalue weighted by Crippen LogP contribution is -2.14. The van der Waals surface area contributed by atoms with E-state index in [1.165, 1.54) is 0 Å². The Balaban J connectivity index is 2.04. The number of carbonyl (C=O) groups is 1. The number of fused-ring (bicyclic) bond motifs is 3. The van der Waals surface area contributed by atoms with E-state index in [-0.39, 0.29) is 0 Å². The monoisotopic (exact) mass is 318 g/mol. The fourth-order valence-corrected chi connectivity index (χ4v) is 2.74. The summed E-state index contributed by atoms with van der Waals surface area (Å²) >= 11 is 0. The topological polar surface area (TPSA) is 89.4 Å². The molecule has 4 aromatic rings. The van der Waals surface area contributed by atoms with Gasteiger partial charge in [0.05, 0.1) is 5.52 Å². The first-order chi connectivity index (χ1) is 11.6. The summed E-state index contributed by atoms with van der Waals surface area (Å²) in [6.07, 6.45) is 1.60. The number of aromatic nitrogens is 4. The van der Waals surface area contributed by atoms with Gasteiger partial charge < -0.3 is 10.6 Å². The number of primary amides is 1. The number of nitrogens with zero attached hydrogens (tertiary/aromatic N) is 5. The van der Waals surface area contributed by atoms with Crippen LogP contribution in [0.15, 0.2) is 54.9 Å². The van der Waals surface area contributed by atoms with Gasteiger partial charge in [-0.1, -0.05) is 18.2 Å². The van der Waals surface area contributed by atoms with Gasteiger partial charge in [0, 0.05) is 23.7 Å². The molecule has 7 heteroatoms. The minimum absolute atomic E-state index is 0.430. The number of benzene rings is 2. The van der Waals surface area contributed by atoms with Gasteiger partial charge in [0.25, 0.3) is 5.78 Å². The Morgan fingerprint density at radius 1 is 1.17 bits per heavy atom. The number of carbonyl (C=O) groups excluding carboxylic acids is 1. The summed E-state index contributed by atoms with van der Waals surface area (Å²) in [5, 5.41) is 8.77. The summed E-state index contributed by atoms with van der Waals surface area (Å²) in [7, 11) is 1.92. The number of anilines is 2. The molecule has 0 radical (unpaired) electrons. The van der Waals surface area contributed by atoms with Crippen LogP contribution in [0.4, 0.5) is 11.5 Å². The Labute approximate surface area is 137 Å². The van der Waals surface area contributed by atoms with Crippen molar-refractivity contribution in [3.05, 3.63) is 60.4 Å². The average molecular weight is 318 g/mol. The molecule has 0 saturated carbocycles. The first kappa shape index (κ1) is 14.1. The molecule has 2 N–H and O–H groups in total. The Hall–Kier alpha value is -3.48. The van der Waals surface area contributed by atoms with E-state index in [4.69, 9.17) is 5.73 Å². The van der Waals surface area contributed by atoms with Gasteiger partial charge in [0.2, 0.25) is 5.91 Å². The molecule has 0 bridgehead atoms. The second-order valence-corrected chi connectivity index (χ2v) is 5.43. The van der Waals surface area contributed by atoms with E-state index in [0.29, 0.717) is 17.2 Å². The lowest BCUT2D eigenvalue weighted by atomic mass is 10.1. The second kappa shape index (κ2) is 5.31. The molecule has 0 aliphatic rings. The van der Waals surface area contributed by atoms with Gasteiger partial charge >= 0.3 is 0 Å². The molecule has 4 rings (SSSR count). The fraction of sp³-hybridized carbons (Fsp3) is 0.0588. The van der Waals surface area contributed by atoms with Crippen molar-refractivity contribution in [3.63, 3.8) is 0 Å². The van der Waals surface area contributed by atoms with Crippen molar-refractivity contribution in [1.29, 1.82) is 0 Å². The molecule has 0 atom stereocenters. The molecule has 0 saturated heterocycles. The average Bonchev–Trinajstić information content (AvgIpc) is 3.09. The lowest BCUT2D eigenvalue weighted by Gasteiger charge is -2.20. The normalized spacial score (nSPS) is 11.0. The van der Waals surface area contributed by atoms with E-state index in [9.17, 15) is 4.79 Å². The Bertz CT molecular complexity index is 1060. The molecule has 0 aliphatic heterocycles. The van der Waals surface area contributed by atoms with Crippen LogP contribution in [0.1, 0.15) is 10.4 Å². The zero-order valence-corrected chi connectivity index (χ0v) is 12.9. The number of para-hydroxylation sites is 1. The van der Waals surface area contributed by atoms with Gasteiger partial charge in [-0.3, -0.25) is 9.20 Å². The Morgan fingerprint density at radius 3 is 2.71 bits per heavy atom. The van der Waals surface area contributed by atoms with Crippen molar-refractivity contribution in [2.24, 2.45) is 5.73 Å². The summed E-state index contributed by atoms with van der Waals surface area (Å²) in [4.78, 5) is 18.1. The fourth-order valence-electron chi connectivity index (χ4n) is 2.74.